The second-order valence-electron chi connectivity index (χ2n) is 2.86. The quantitative estimate of drug-likeness (QED) is 0.510. The Morgan fingerprint density at radius 3 is 3.14 bits per heavy atom. The van der Waals surface area contributed by atoms with Gasteiger partial charge in [0.2, 0.25) is 0 Å². The van der Waals surface area contributed by atoms with Crippen molar-refractivity contribution in [2.24, 2.45) is 15.0 Å². The van der Waals surface area contributed by atoms with Crippen molar-refractivity contribution >= 4 is 23.7 Å². The molecule has 1 aromatic heterocycles. The molecule has 66 valence electrons. The monoisotopic (exact) mass is 184 g/mol. The summed E-state index contributed by atoms with van der Waals surface area (Å²) in [6, 6.07) is 3.61. The summed E-state index contributed by atoms with van der Waals surface area (Å²) in [4.78, 5) is 27.1. The largest absolute Gasteiger partial charge is 0.299 e. The topological polar surface area (TPSA) is 67.0 Å². The van der Waals surface area contributed by atoms with Crippen LogP contribution < -0.4 is 10.7 Å². The van der Waals surface area contributed by atoms with Crippen molar-refractivity contribution in [2.75, 3.05) is 0 Å². The van der Waals surface area contributed by atoms with Crippen molar-refractivity contribution in [3.8, 4) is 0 Å². The van der Waals surface area contributed by atoms with Gasteiger partial charge < -0.3 is 0 Å². The maximum Gasteiger partial charge on any atom is 0.299 e. The molecular formula is C9H4N4O. The van der Waals surface area contributed by atoms with Gasteiger partial charge in [-0.2, -0.15) is 4.99 Å². The summed E-state index contributed by atoms with van der Waals surface area (Å²) in [7, 11) is 0. The van der Waals surface area contributed by atoms with Crippen LogP contribution in [0.3, 0.4) is 0 Å². The maximum atomic E-state index is 11.4. The molecule has 5 nitrogen and oxygen atoms in total. The SMILES string of the molecule is O=C1N=c2ncccc2=C2N=CN=C12. The number of aromatic nitrogens is 1. The van der Waals surface area contributed by atoms with Crippen LogP contribution in [-0.4, -0.2) is 22.9 Å². The number of aliphatic imine (C=N–C) groups is 2. The van der Waals surface area contributed by atoms with E-state index in [4.69, 9.17) is 0 Å². The molecule has 2 aliphatic rings. The molecule has 0 bridgehead atoms. The molecule has 14 heavy (non-hydrogen) atoms. The van der Waals surface area contributed by atoms with Crippen molar-refractivity contribution in [2.45, 2.75) is 0 Å². The van der Waals surface area contributed by atoms with E-state index in [1.165, 1.54) is 6.34 Å². The van der Waals surface area contributed by atoms with Gasteiger partial charge in [-0.25, -0.2) is 15.0 Å². The second-order valence-corrected chi connectivity index (χ2v) is 2.86. The molecule has 0 aliphatic carbocycles. The summed E-state index contributed by atoms with van der Waals surface area (Å²) in [5, 5.41) is 0.764. The third-order valence-corrected chi connectivity index (χ3v) is 2.05. The fourth-order valence-corrected chi connectivity index (χ4v) is 1.44. The number of rotatable bonds is 0. The molecule has 0 fully saturated rings. The highest BCUT2D eigenvalue weighted by molar-refractivity contribution is 6.56. The van der Waals surface area contributed by atoms with Crippen molar-refractivity contribution < 1.29 is 4.79 Å². The Kier molecular flexibility index (Phi) is 1.25. The first kappa shape index (κ1) is 7.25. The van der Waals surface area contributed by atoms with E-state index >= 15 is 0 Å². The number of nitrogens with zero attached hydrogens (tertiary/aromatic N) is 4. The van der Waals surface area contributed by atoms with E-state index < -0.39 is 0 Å². The highest BCUT2D eigenvalue weighted by Crippen LogP contribution is 2.08. The van der Waals surface area contributed by atoms with E-state index in [1.807, 2.05) is 6.07 Å². The summed E-state index contributed by atoms with van der Waals surface area (Å²) in [6.45, 7) is 0. The Bertz CT molecular complexity index is 612. The van der Waals surface area contributed by atoms with E-state index in [1.54, 1.807) is 12.3 Å². The number of amides is 1. The average molecular weight is 184 g/mol. The third kappa shape index (κ3) is 0.806. The zero-order chi connectivity index (χ0) is 9.54. The Labute approximate surface area is 78.3 Å². The van der Waals surface area contributed by atoms with Gasteiger partial charge in [0, 0.05) is 11.4 Å². The van der Waals surface area contributed by atoms with Gasteiger partial charge in [-0.3, -0.25) is 4.79 Å². The summed E-state index contributed by atoms with van der Waals surface area (Å²) >= 11 is 0. The van der Waals surface area contributed by atoms with E-state index in [9.17, 15) is 4.79 Å². The van der Waals surface area contributed by atoms with Crippen molar-refractivity contribution in [1.29, 1.82) is 0 Å². The predicted molar refractivity (Wildman–Crippen MR) is 49.4 cm³/mol. The molecule has 1 aromatic rings. The maximum absolute atomic E-state index is 11.4. The van der Waals surface area contributed by atoms with Crippen LogP contribution in [0.5, 0.6) is 0 Å². The average Bonchev–Trinajstić information content (AvgIpc) is 2.67. The first-order valence-electron chi connectivity index (χ1n) is 4.05. The lowest BCUT2D eigenvalue weighted by Gasteiger charge is -2.01. The lowest BCUT2D eigenvalue weighted by molar-refractivity contribution is -0.112. The summed E-state index contributed by atoms with van der Waals surface area (Å²) in [5.41, 5.74) is 1.31. The summed E-state index contributed by atoms with van der Waals surface area (Å²) in [6.07, 6.45) is 2.96. The molecule has 0 aromatic carbocycles. The van der Waals surface area contributed by atoms with E-state index in [2.05, 4.69) is 20.0 Å². The molecule has 5 heteroatoms. The summed E-state index contributed by atoms with van der Waals surface area (Å²) < 4.78 is 0. The molecule has 0 saturated carbocycles. The van der Waals surface area contributed by atoms with Crippen molar-refractivity contribution in [3.63, 3.8) is 0 Å². The Balaban J connectivity index is 2.57. The van der Waals surface area contributed by atoms with Crippen LogP contribution in [-0.2, 0) is 4.79 Å². The fourth-order valence-electron chi connectivity index (χ4n) is 1.44. The first-order chi connectivity index (χ1) is 6.86. The highest BCUT2D eigenvalue weighted by Gasteiger charge is 2.23. The molecule has 3 heterocycles. The number of pyridine rings is 1. The zero-order valence-corrected chi connectivity index (χ0v) is 7.01. The third-order valence-electron chi connectivity index (χ3n) is 2.05. The van der Waals surface area contributed by atoms with Gasteiger partial charge in [0.1, 0.15) is 12.0 Å². The molecule has 0 atom stereocenters. The highest BCUT2D eigenvalue weighted by atomic mass is 16.1. The Morgan fingerprint density at radius 2 is 2.21 bits per heavy atom. The normalized spacial score (nSPS) is 17.3. The smallest absolute Gasteiger partial charge is 0.265 e. The van der Waals surface area contributed by atoms with Gasteiger partial charge in [-0.15, -0.1) is 0 Å². The summed E-state index contributed by atoms with van der Waals surface area (Å²) in [5.74, 6) is -0.372. The molecule has 0 N–H and O–H groups in total. The number of carbonyl (C=O) groups excluding carboxylic acids is 1. The lowest BCUT2D eigenvalue weighted by atomic mass is 10.2. The molecule has 0 unspecified atom stereocenters. The number of hydrogen-bond acceptors (Lipinski definition) is 4. The molecule has 0 radical (unpaired) electrons. The minimum atomic E-state index is -0.372. The van der Waals surface area contributed by atoms with Gasteiger partial charge in [0.15, 0.2) is 11.2 Å². The van der Waals surface area contributed by atoms with Crippen LogP contribution in [0.4, 0.5) is 0 Å². The first-order valence-corrected chi connectivity index (χ1v) is 4.05. The van der Waals surface area contributed by atoms with Crippen LogP contribution >= 0.6 is 0 Å². The number of carbonyl (C=O) groups is 1. The van der Waals surface area contributed by atoms with Crippen LogP contribution in [0.1, 0.15) is 0 Å². The second kappa shape index (κ2) is 2.41. The van der Waals surface area contributed by atoms with E-state index in [0.29, 0.717) is 16.9 Å². The van der Waals surface area contributed by atoms with Crippen LogP contribution in [0.15, 0.2) is 33.3 Å². The molecular weight excluding hydrogens is 180 g/mol. The van der Waals surface area contributed by atoms with Crippen molar-refractivity contribution in [3.05, 3.63) is 29.0 Å². The van der Waals surface area contributed by atoms with Crippen LogP contribution in [0, 0.1) is 0 Å². The fraction of sp³-hybridized carbons (Fsp3) is 0. The minimum Gasteiger partial charge on any atom is -0.265 e. The van der Waals surface area contributed by atoms with Gasteiger partial charge in [-0.05, 0) is 12.1 Å². The number of hydrogen-bond donors (Lipinski definition) is 0. The molecule has 0 saturated heterocycles. The van der Waals surface area contributed by atoms with Gasteiger partial charge in [0.25, 0.3) is 5.91 Å². The minimum absolute atomic E-state index is 0.311. The van der Waals surface area contributed by atoms with E-state index in [-0.39, 0.29) is 5.91 Å². The van der Waals surface area contributed by atoms with E-state index in [0.717, 1.165) is 5.22 Å². The molecule has 1 amide bonds. The van der Waals surface area contributed by atoms with Crippen molar-refractivity contribution in [1.82, 2.24) is 4.98 Å². The predicted octanol–water partition coefficient (Wildman–Crippen LogP) is -1.17. The zero-order valence-electron chi connectivity index (χ0n) is 7.01. The lowest BCUT2D eigenvalue weighted by Crippen LogP contribution is -2.38. The van der Waals surface area contributed by atoms with Gasteiger partial charge in [0.05, 0.1) is 0 Å². The molecule has 0 spiro atoms. The Morgan fingerprint density at radius 1 is 1.29 bits per heavy atom. The molecule has 3 rings (SSSR count). The van der Waals surface area contributed by atoms with Gasteiger partial charge in [-0.1, -0.05) is 0 Å². The van der Waals surface area contributed by atoms with Crippen LogP contribution in [0.25, 0.3) is 5.70 Å². The molecule has 2 aliphatic heterocycles. The van der Waals surface area contributed by atoms with Gasteiger partial charge >= 0.3 is 0 Å². The van der Waals surface area contributed by atoms with Crippen LogP contribution in [0.2, 0.25) is 0 Å². The Hall–Kier alpha value is -2.17. The standard InChI is InChI=1S/C9H4N4O/c14-9-7-6(11-4-12-7)5-2-1-3-10-8(5)13-9/h1-4H. The number of fused-ring (bicyclic) bond motifs is 2.